The van der Waals surface area contributed by atoms with Gasteiger partial charge >= 0.3 is 12.0 Å². The maximum Gasteiger partial charge on any atom is 0.338 e. The Labute approximate surface area is 185 Å². The topological polar surface area (TPSA) is 111 Å². The van der Waals surface area contributed by atoms with Crippen molar-refractivity contribution in [2.75, 3.05) is 19.0 Å². The number of rotatable bonds is 8. The minimum absolute atomic E-state index is 0.0266. The second-order valence-corrected chi connectivity index (χ2v) is 8.85. The first-order valence-electron chi connectivity index (χ1n) is 9.94. The number of carbonyl (C=O) groups is 2. The van der Waals surface area contributed by atoms with Crippen LogP contribution >= 0.6 is 0 Å². The number of sulfone groups is 1. The van der Waals surface area contributed by atoms with Crippen molar-refractivity contribution in [1.82, 2.24) is 10.6 Å². The Hall–Kier alpha value is -3.40. The predicted octanol–water partition coefficient (Wildman–Crippen LogP) is 2.87. The van der Waals surface area contributed by atoms with Gasteiger partial charge in [0, 0.05) is 5.70 Å². The smallest absolute Gasteiger partial charge is 0.338 e. The Balaban J connectivity index is 2.05. The van der Waals surface area contributed by atoms with Crippen LogP contribution in [-0.4, -0.2) is 39.4 Å². The Bertz CT molecular complexity index is 1130. The van der Waals surface area contributed by atoms with Crippen LogP contribution in [0.5, 0.6) is 5.75 Å². The summed E-state index contributed by atoms with van der Waals surface area (Å²) in [5.74, 6) is -1.41. The highest BCUT2D eigenvalue weighted by atomic mass is 32.2. The SMILES string of the molecule is CCOC(=O)C1=C(CS(=O)(=O)c2ccc(F)cc2)NC(=O)N[C@H]1c1ccc(OCC)cc1. The number of urea groups is 1. The van der Waals surface area contributed by atoms with Crippen LogP contribution in [0.25, 0.3) is 0 Å². The Kier molecular flexibility index (Phi) is 7.14. The van der Waals surface area contributed by atoms with Crippen LogP contribution in [0, 0.1) is 5.82 Å². The average Bonchev–Trinajstić information content (AvgIpc) is 2.74. The van der Waals surface area contributed by atoms with E-state index in [4.69, 9.17) is 9.47 Å². The summed E-state index contributed by atoms with van der Waals surface area (Å²) in [5.41, 5.74) is 0.416. The zero-order valence-electron chi connectivity index (χ0n) is 17.6. The molecule has 1 aliphatic heterocycles. The second-order valence-electron chi connectivity index (χ2n) is 6.86. The van der Waals surface area contributed by atoms with Gasteiger partial charge in [-0.3, -0.25) is 0 Å². The van der Waals surface area contributed by atoms with Crippen LogP contribution in [0.1, 0.15) is 25.5 Å². The lowest BCUT2D eigenvalue weighted by Crippen LogP contribution is -2.47. The van der Waals surface area contributed by atoms with Crippen LogP contribution in [-0.2, 0) is 19.4 Å². The molecule has 2 amide bonds. The van der Waals surface area contributed by atoms with Gasteiger partial charge in [-0.15, -0.1) is 0 Å². The summed E-state index contributed by atoms with van der Waals surface area (Å²) in [6.45, 7) is 4.00. The molecule has 0 saturated carbocycles. The summed E-state index contributed by atoms with van der Waals surface area (Å²) >= 11 is 0. The van der Waals surface area contributed by atoms with E-state index < -0.39 is 39.4 Å². The summed E-state index contributed by atoms with van der Waals surface area (Å²) < 4.78 is 49.6. The van der Waals surface area contributed by atoms with E-state index in [9.17, 15) is 22.4 Å². The first-order chi connectivity index (χ1) is 15.2. The summed E-state index contributed by atoms with van der Waals surface area (Å²) in [7, 11) is -4.00. The van der Waals surface area contributed by atoms with Gasteiger partial charge in [0.2, 0.25) is 0 Å². The molecule has 0 aromatic heterocycles. The van der Waals surface area contributed by atoms with Crippen molar-refractivity contribution in [3.63, 3.8) is 0 Å². The lowest BCUT2D eigenvalue weighted by molar-refractivity contribution is -0.139. The number of hydrogen-bond acceptors (Lipinski definition) is 6. The minimum atomic E-state index is -4.00. The highest BCUT2D eigenvalue weighted by Gasteiger charge is 2.35. The van der Waals surface area contributed by atoms with Crippen molar-refractivity contribution in [3.05, 3.63) is 71.2 Å². The molecule has 1 atom stereocenters. The average molecular weight is 462 g/mol. The number of benzene rings is 2. The first-order valence-corrected chi connectivity index (χ1v) is 11.6. The fraction of sp³-hybridized carbons (Fsp3) is 0.273. The molecule has 0 radical (unpaired) electrons. The van der Waals surface area contributed by atoms with E-state index in [0.29, 0.717) is 17.9 Å². The van der Waals surface area contributed by atoms with Crippen molar-refractivity contribution < 1.29 is 31.9 Å². The van der Waals surface area contributed by atoms with E-state index in [-0.39, 0.29) is 22.8 Å². The summed E-state index contributed by atoms with van der Waals surface area (Å²) in [5, 5.41) is 5.07. The van der Waals surface area contributed by atoms with Gasteiger partial charge in [-0.05, 0) is 55.8 Å². The van der Waals surface area contributed by atoms with Crippen LogP contribution in [0.3, 0.4) is 0 Å². The molecule has 1 heterocycles. The molecule has 3 rings (SSSR count). The number of ether oxygens (including phenoxy) is 2. The van der Waals surface area contributed by atoms with Gasteiger partial charge in [-0.25, -0.2) is 22.4 Å². The van der Waals surface area contributed by atoms with Gasteiger partial charge in [0.25, 0.3) is 0 Å². The van der Waals surface area contributed by atoms with Crippen molar-refractivity contribution in [1.29, 1.82) is 0 Å². The number of amides is 2. The van der Waals surface area contributed by atoms with Crippen LogP contribution in [0.4, 0.5) is 9.18 Å². The molecule has 0 unspecified atom stereocenters. The summed E-state index contributed by atoms with van der Waals surface area (Å²) in [6.07, 6.45) is 0. The van der Waals surface area contributed by atoms with E-state index in [0.717, 1.165) is 24.3 Å². The monoisotopic (exact) mass is 462 g/mol. The van der Waals surface area contributed by atoms with Gasteiger partial charge in [0.05, 0.1) is 35.5 Å². The van der Waals surface area contributed by atoms with Crippen molar-refractivity contribution >= 4 is 21.8 Å². The molecule has 0 spiro atoms. The van der Waals surface area contributed by atoms with E-state index in [1.165, 1.54) is 0 Å². The molecular weight excluding hydrogens is 439 g/mol. The highest BCUT2D eigenvalue weighted by Crippen LogP contribution is 2.30. The van der Waals surface area contributed by atoms with Crippen molar-refractivity contribution in [2.45, 2.75) is 24.8 Å². The molecule has 0 aliphatic carbocycles. The largest absolute Gasteiger partial charge is 0.494 e. The predicted molar refractivity (Wildman–Crippen MR) is 114 cm³/mol. The van der Waals surface area contributed by atoms with Crippen molar-refractivity contribution in [3.8, 4) is 5.75 Å². The highest BCUT2D eigenvalue weighted by molar-refractivity contribution is 7.91. The molecule has 170 valence electrons. The zero-order chi connectivity index (χ0) is 23.3. The molecule has 0 bridgehead atoms. The standard InChI is InChI=1S/C22H23FN2O6S/c1-3-30-16-9-5-14(6-10-16)20-19(21(26)31-4-2)18(24-22(27)25-20)13-32(28,29)17-11-7-15(23)8-12-17/h5-12,20H,3-4,13H2,1-2H3,(H2,24,25,27)/t20-/m0/s1. The summed E-state index contributed by atoms with van der Waals surface area (Å²) in [6, 6.07) is 9.42. The van der Waals surface area contributed by atoms with Crippen LogP contribution in [0.2, 0.25) is 0 Å². The van der Waals surface area contributed by atoms with E-state index in [1.54, 1.807) is 31.2 Å². The lowest BCUT2D eigenvalue weighted by Gasteiger charge is -2.29. The van der Waals surface area contributed by atoms with Gasteiger partial charge in [-0.2, -0.15) is 0 Å². The molecule has 2 N–H and O–H groups in total. The van der Waals surface area contributed by atoms with Crippen LogP contribution in [0.15, 0.2) is 64.7 Å². The number of hydrogen-bond donors (Lipinski definition) is 2. The third-order valence-corrected chi connectivity index (χ3v) is 6.34. The molecule has 1 aliphatic rings. The maximum atomic E-state index is 13.2. The number of esters is 1. The molecule has 2 aromatic carbocycles. The van der Waals surface area contributed by atoms with Gasteiger partial charge in [0.15, 0.2) is 9.84 Å². The quantitative estimate of drug-likeness (QED) is 0.461. The molecule has 8 nitrogen and oxygen atoms in total. The second kappa shape index (κ2) is 9.82. The molecule has 10 heteroatoms. The Morgan fingerprint density at radius 1 is 1.03 bits per heavy atom. The van der Waals surface area contributed by atoms with Gasteiger partial charge in [-0.1, -0.05) is 12.1 Å². The Morgan fingerprint density at radius 3 is 2.28 bits per heavy atom. The molecule has 0 saturated heterocycles. The third-order valence-electron chi connectivity index (χ3n) is 4.68. The van der Waals surface area contributed by atoms with E-state index >= 15 is 0 Å². The summed E-state index contributed by atoms with van der Waals surface area (Å²) in [4.78, 5) is 25.0. The fourth-order valence-electron chi connectivity index (χ4n) is 3.27. The normalized spacial score (nSPS) is 16.2. The van der Waals surface area contributed by atoms with Crippen molar-refractivity contribution in [2.24, 2.45) is 0 Å². The van der Waals surface area contributed by atoms with E-state index in [2.05, 4.69) is 10.6 Å². The minimum Gasteiger partial charge on any atom is -0.494 e. The number of halogens is 1. The molecule has 32 heavy (non-hydrogen) atoms. The fourth-order valence-corrected chi connectivity index (χ4v) is 4.60. The van der Waals surface area contributed by atoms with Gasteiger partial charge in [0.1, 0.15) is 11.6 Å². The maximum absolute atomic E-state index is 13.2. The van der Waals surface area contributed by atoms with Gasteiger partial charge < -0.3 is 20.1 Å². The van der Waals surface area contributed by atoms with E-state index in [1.807, 2.05) is 6.92 Å². The zero-order valence-corrected chi connectivity index (χ0v) is 18.4. The van der Waals surface area contributed by atoms with Crippen LogP contribution < -0.4 is 15.4 Å². The first kappa shape index (κ1) is 23.3. The lowest BCUT2D eigenvalue weighted by atomic mass is 9.95. The molecule has 2 aromatic rings. The third kappa shape index (κ3) is 5.25. The molecule has 0 fully saturated rings. The number of carbonyl (C=O) groups excluding carboxylic acids is 2. The number of nitrogens with one attached hydrogen (secondary N) is 2. The Morgan fingerprint density at radius 2 is 1.69 bits per heavy atom. The molecular formula is C22H23FN2O6S.